The number of amides is 12. The Morgan fingerprint density at radius 1 is 0.523 bits per heavy atom. The molecule has 0 unspecified atom stereocenters. The number of nitrogens with zero attached hydrogens (tertiary/aromatic N) is 8. The third-order valence-electron chi connectivity index (χ3n) is 21.2. The molecule has 0 saturated carbocycles. The average Bonchev–Trinajstić information content (AvgIpc) is 1.68. The summed E-state index contributed by atoms with van der Waals surface area (Å²) in [7, 11) is 6.96. The molecule has 0 aliphatic carbocycles. The first-order valence-electron chi connectivity index (χ1n) is 39.0. The third kappa shape index (κ3) is 25.4. The lowest BCUT2D eigenvalue weighted by Crippen LogP contribution is -2.63. The molecule has 109 heavy (non-hydrogen) atoms. The van der Waals surface area contributed by atoms with E-state index in [0.29, 0.717) is 37.1 Å². The Hall–Kier alpha value is -8.18. The van der Waals surface area contributed by atoms with Gasteiger partial charge in [0.15, 0.2) is 0 Å². The number of aliphatic hydroxyl groups excluding tert-OH is 1. The fourth-order valence-electron chi connectivity index (χ4n) is 14.8. The lowest BCUT2D eigenvalue weighted by atomic mass is 9.96. The fraction of sp³-hybridized carbons (Fsp3) is 0.700. The minimum absolute atomic E-state index is 0.0132. The normalized spacial score (nSPS) is 27.4. The van der Waals surface area contributed by atoms with Gasteiger partial charge in [0.2, 0.25) is 70.9 Å². The maximum absolute atomic E-state index is 15.5. The highest BCUT2D eigenvalue weighted by Crippen LogP contribution is 2.33. The lowest BCUT2D eigenvalue weighted by Gasteiger charge is -2.39. The van der Waals surface area contributed by atoms with Crippen LogP contribution in [0.15, 0.2) is 60.7 Å². The van der Waals surface area contributed by atoms with Crippen LogP contribution >= 0.6 is 0 Å². The summed E-state index contributed by atoms with van der Waals surface area (Å²) in [5.41, 5.74) is 0.280. The molecule has 2 aromatic carbocycles. The molecule has 13 atom stereocenters. The van der Waals surface area contributed by atoms with Crippen LogP contribution in [0.5, 0.6) is 0 Å². The molecular formula is C80H125F2N13O14. The van der Waals surface area contributed by atoms with Gasteiger partial charge in [0, 0.05) is 99.7 Å². The number of benzene rings is 2. The summed E-state index contributed by atoms with van der Waals surface area (Å²) in [5.74, 6) is -13.4. The van der Waals surface area contributed by atoms with Crippen molar-refractivity contribution >= 4 is 70.9 Å². The van der Waals surface area contributed by atoms with Gasteiger partial charge in [-0.25, -0.2) is 8.78 Å². The second-order valence-electron chi connectivity index (χ2n) is 33.2. The van der Waals surface area contributed by atoms with E-state index in [0.717, 1.165) is 11.3 Å². The quantitative estimate of drug-likeness (QED) is 0.127. The van der Waals surface area contributed by atoms with Gasteiger partial charge in [-0.15, -0.1) is 0 Å². The van der Waals surface area contributed by atoms with E-state index in [4.69, 9.17) is 4.74 Å². The molecule has 6 rings (SSSR count). The number of hydrogen-bond donors (Lipinski definition) is 6. The highest BCUT2D eigenvalue weighted by atomic mass is 19.3. The third-order valence-corrected chi connectivity index (χ3v) is 21.2. The Morgan fingerprint density at radius 3 is 1.45 bits per heavy atom. The molecule has 6 N–H and O–H groups in total. The second kappa shape index (κ2) is 40.1. The van der Waals surface area contributed by atoms with Crippen molar-refractivity contribution in [2.75, 3.05) is 74.6 Å². The van der Waals surface area contributed by atoms with E-state index in [9.17, 15) is 23.5 Å². The van der Waals surface area contributed by atoms with Crippen LogP contribution in [0.2, 0.25) is 0 Å². The molecule has 4 aliphatic heterocycles. The number of rotatable bonds is 17. The Bertz CT molecular complexity index is 3440. The number of hydrogen-bond acceptors (Lipinski definition) is 15. The van der Waals surface area contributed by atoms with Gasteiger partial charge >= 0.3 is 0 Å². The van der Waals surface area contributed by atoms with Crippen molar-refractivity contribution in [3.63, 3.8) is 0 Å². The summed E-state index contributed by atoms with van der Waals surface area (Å²) in [6, 6.07) is 1.05. The molecule has 0 aromatic heterocycles. The maximum atomic E-state index is 15.5. The van der Waals surface area contributed by atoms with Crippen molar-refractivity contribution in [1.82, 2.24) is 65.8 Å². The summed E-state index contributed by atoms with van der Waals surface area (Å²) in [6.07, 6.45) is -1.40. The van der Waals surface area contributed by atoms with E-state index in [1.807, 2.05) is 55.4 Å². The van der Waals surface area contributed by atoms with Crippen LogP contribution in [0.4, 0.5) is 8.78 Å². The molecule has 0 radical (unpaired) electrons. The highest BCUT2D eigenvalue weighted by molar-refractivity contribution is 6.00. The first kappa shape index (κ1) is 89.7. The van der Waals surface area contributed by atoms with Crippen molar-refractivity contribution in [2.45, 2.75) is 264 Å². The number of likely N-dealkylation sites (N-methyl/N-ethyl adjacent to an activating group) is 5. The molecule has 4 saturated heterocycles. The Balaban J connectivity index is 1.53. The molecule has 2 aromatic rings. The van der Waals surface area contributed by atoms with Crippen LogP contribution < -0.4 is 26.6 Å². The molecule has 4 heterocycles. The van der Waals surface area contributed by atoms with Gasteiger partial charge in [-0.05, 0) is 121 Å². The fourth-order valence-corrected chi connectivity index (χ4v) is 14.8. The minimum atomic E-state index is -2.95. The number of aliphatic hydroxyl groups is 1. The van der Waals surface area contributed by atoms with Crippen molar-refractivity contribution in [2.24, 2.45) is 23.7 Å². The number of ether oxygens (including phenoxy) is 1. The lowest BCUT2D eigenvalue weighted by molar-refractivity contribution is -0.154. The zero-order chi connectivity index (χ0) is 81.3. The summed E-state index contributed by atoms with van der Waals surface area (Å²) in [5, 5.41) is 25.6. The summed E-state index contributed by atoms with van der Waals surface area (Å²) < 4.78 is 35.8. The van der Waals surface area contributed by atoms with E-state index in [-0.39, 0.29) is 88.3 Å². The largest absolute Gasteiger partial charge is 0.391 e. The molecule has 608 valence electrons. The minimum Gasteiger partial charge on any atom is -0.391 e. The van der Waals surface area contributed by atoms with Crippen LogP contribution in [-0.2, 0) is 75.1 Å². The van der Waals surface area contributed by atoms with Crippen LogP contribution in [0.1, 0.15) is 172 Å². The Kier molecular flexibility index (Phi) is 33.0. The van der Waals surface area contributed by atoms with Crippen molar-refractivity contribution < 1.29 is 76.2 Å². The molecule has 12 amide bonds. The maximum Gasteiger partial charge on any atom is 0.250 e. The first-order chi connectivity index (χ1) is 51.0. The number of halogens is 2. The summed E-state index contributed by atoms with van der Waals surface area (Å²) in [6.45, 7) is 22.4. The second-order valence-corrected chi connectivity index (χ2v) is 33.2. The monoisotopic (exact) mass is 1530 g/mol. The zero-order valence-corrected chi connectivity index (χ0v) is 67.6. The molecule has 27 nitrogen and oxygen atoms in total. The van der Waals surface area contributed by atoms with Gasteiger partial charge in [0.1, 0.15) is 66.5 Å². The van der Waals surface area contributed by atoms with Crippen molar-refractivity contribution in [1.29, 1.82) is 0 Å². The molecule has 0 bridgehead atoms. The molecular weight excluding hydrogens is 1400 g/mol. The predicted octanol–water partition coefficient (Wildman–Crippen LogP) is 4.55. The van der Waals surface area contributed by atoms with Gasteiger partial charge in [-0.1, -0.05) is 116 Å². The number of carbonyl (C=O) groups excluding carboxylic acids is 12. The molecule has 29 heteroatoms. The van der Waals surface area contributed by atoms with E-state index in [2.05, 4.69) is 26.6 Å². The van der Waals surface area contributed by atoms with Crippen LogP contribution in [0, 0.1) is 23.7 Å². The van der Waals surface area contributed by atoms with Crippen molar-refractivity contribution in [3.8, 4) is 0 Å². The standard InChI is InChI=1S/C80H125F2N13O14/c1-48(2)38-60-68(98)85-58(75(105)94-34-26-21-27-35-94)45-66(97)83-52(9)72(102)95-46-56(93-36-32-80(81,82)33-37-93)44-63(95)71(101)86-59(47-109-79(11,12)13)74(104)91(17)64(40-50(5)6)77(107)92(18)65(41-51(7)8)76(106)89(15)61(39-49(3)4)70(100)87-67(53(10)96)78(108)90(16)62(43-55-30-24-20-25-31-55)69(99)84-57(73(103)88(60)14)42-54-28-22-19-23-29-54/h19-20,22-25,28-31,48-53,56-65,67,96H,21,26-27,32-47H2,1-18H3,(H,83,97)(H,84,99)(H,85,98)(H,86,101)(H,87,100)/t52-,53-,56-,57+,58+,59+,60+,61+,62+,63-,64+,65+,67+/m1/s1. The first-order valence-corrected chi connectivity index (χ1v) is 39.0. The SMILES string of the molecule is CC(C)C[C@H]1C(=O)N[C@H](C(=O)N2CCCCC2)CC(=O)N[C@H](C)C(=O)N2C[C@H](N3CCC(F)(F)CC3)C[C@@H]2C(=O)N[C@@H](COC(C)(C)C)C(=O)N(C)[C@@H](CC(C)C)C(=O)N(C)[C@@H](CC(C)C)C(=O)N(C)[C@@H](CC(C)C)C(=O)N[C@@H]([C@@H](C)O)C(=O)N(C)[C@@H](Cc2ccccc2)C(=O)N[C@@H](Cc2ccccc2)C(=O)N1C. The number of carbonyl (C=O) groups is 12. The molecule has 0 spiro atoms. The summed E-state index contributed by atoms with van der Waals surface area (Å²) in [4.78, 5) is 194. The van der Waals surface area contributed by atoms with Gasteiger partial charge in [-0.3, -0.25) is 62.4 Å². The number of alkyl halides is 2. The molecule has 4 fully saturated rings. The van der Waals surface area contributed by atoms with Crippen molar-refractivity contribution in [3.05, 3.63) is 71.8 Å². The zero-order valence-electron chi connectivity index (χ0n) is 67.6. The van der Waals surface area contributed by atoms with E-state index in [1.54, 1.807) is 86.3 Å². The van der Waals surface area contributed by atoms with E-state index in [1.165, 1.54) is 78.5 Å². The number of nitrogens with one attached hydrogen (secondary N) is 5. The summed E-state index contributed by atoms with van der Waals surface area (Å²) >= 11 is 0. The predicted molar refractivity (Wildman–Crippen MR) is 408 cm³/mol. The van der Waals surface area contributed by atoms with Crippen LogP contribution in [-0.4, -0.2) is 280 Å². The Labute approximate surface area is 643 Å². The van der Waals surface area contributed by atoms with Gasteiger partial charge < -0.3 is 70.7 Å². The van der Waals surface area contributed by atoms with Gasteiger partial charge in [0.05, 0.1) is 24.7 Å². The van der Waals surface area contributed by atoms with Crippen LogP contribution in [0.3, 0.4) is 0 Å². The number of likely N-dealkylation sites (tertiary alicyclic amines) is 2. The Morgan fingerprint density at radius 2 is 0.954 bits per heavy atom. The van der Waals surface area contributed by atoms with Gasteiger partial charge in [0.25, 0.3) is 5.92 Å². The van der Waals surface area contributed by atoms with Crippen LogP contribution in [0.25, 0.3) is 0 Å². The van der Waals surface area contributed by atoms with E-state index >= 15 is 47.9 Å². The molecule has 4 aliphatic rings. The average molecular weight is 1530 g/mol. The van der Waals surface area contributed by atoms with E-state index < -0.39 is 187 Å². The number of piperidine rings is 2. The van der Waals surface area contributed by atoms with Gasteiger partial charge in [-0.2, -0.15) is 0 Å². The topological polar surface area (TPSA) is 320 Å². The highest BCUT2D eigenvalue weighted by Gasteiger charge is 2.49. The number of fused-ring (bicyclic) bond motifs is 1. The smallest absolute Gasteiger partial charge is 0.250 e.